The van der Waals surface area contributed by atoms with Crippen LogP contribution in [0.3, 0.4) is 0 Å². The molecule has 0 radical (unpaired) electrons. The van der Waals surface area contributed by atoms with Crippen LogP contribution in [-0.4, -0.2) is 29.3 Å². The van der Waals surface area contributed by atoms with Crippen LogP contribution >= 0.6 is 0 Å². The van der Waals surface area contributed by atoms with Gasteiger partial charge in [-0.05, 0) is 31.2 Å². The standard InChI is InChI=1S/C14H18N4O3/c1-3-20-12-6-4-11(5-7-12)17-14(19)15-9-8-13-16-10(2)21-18-13/h4-7H,3,8-9H2,1-2H3,(H2,15,17,19). The number of aromatic nitrogens is 2. The number of aryl methyl sites for hydroxylation is 1. The molecule has 21 heavy (non-hydrogen) atoms. The smallest absolute Gasteiger partial charge is 0.319 e. The first-order valence-electron chi connectivity index (χ1n) is 6.74. The van der Waals surface area contributed by atoms with Crippen LogP contribution in [0.25, 0.3) is 0 Å². The van der Waals surface area contributed by atoms with Crippen LogP contribution in [0, 0.1) is 6.92 Å². The van der Waals surface area contributed by atoms with E-state index in [2.05, 4.69) is 20.8 Å². The Bertz CT molecular complexity index is 580. The number of nitrogens with one attached hydrogen (secondary N) is 2. The Hall–Kier alpha value is -2.57. The second kappa shape index (κ2) is 7.28. The quantitative estimate of drug-likeness (QED) is 0.850. The number of amides is 2. The monoisotopic (exact) mass is 290 g/mol. The van der Waals surface area contributed by atoms with Crippen molar-refractivity contribution in [3.05, 3.63) is 36.0 Å². The topological polar surface area (TPSA) is 89.3 Å². The SMILES string of the molecule is CCOc1ccc(NC(=O)NCCc2noc(C)n2)cc1. The lowest BCUT2D eigenvalue weighted by Gasteiger charge is -2.08. The maximum atomic E-state index is 11.7. The lowest BCUT2D eigenvalue weighted by molar-refractivity contribution is 0.252. The molecule has 0 fully saturated rings. The van der Waals surface area contributed by atoms with Crippen LogP contribution in [-0.2, 0) is 6.42 Å². The van der Waals surface area contributed by atoms with E-state index in [1.165, 1.54) is 0 Å². The normalized spacial score (nSPS) is 10.2. The molecule has 2 N–H and O–H groups in total. The number of urea groups is 1. The minimum absolute atomic E-state index is 0.278. The summed E-state index contributed by atoms with van der Waals surface area (Å²) in [6.07, 6.45) is 0.522. The molecule has 0 aliphatic rings. The number of carbonyl (C=O) groups excluding carboxylic acids is 1. The number of carbonyl (C=O) groups is 1. The van der Waals surface area contributed by atoms with Crippen molar-refractivity contribution in [2.45, 2.75) is 20.3 Å². The number of nitrogens with zero attached hydrogens (tertiary/aromatic N) is 2. The van der Waals surface area contributed by atoms with Gasteiger partial charge in [0.1, 0.15) is 5.75 Å². The van der Waals surface area contributed by atoms with Gasteiger partial charge >= 0.3 is 6.03 Å². The Morgan fingerprint density at radius 2 is 2.10 bits per heavy atom. The van der Waals surface area contributed by atoms with E-state index >= 15 is 0 Å². The Labute approximate surface area is 122 Å². The summed E-state index contributed by atoms with van der Waals surface area (Å²) in [4.78, 5) is 15.8. The van der Waals surface area contributed by atoms with Crippen molar-refractivity contribution in [1.82, 2.24) is 15.5 Å². The minimum atomic E-state index is -0.278. The van der Waals surface area contributed by atoms with Gasteiger partial charge in [-0.1, -0.05) is 5.16 Å². The molecule has 0 aliphatic heterocycles. The molecule has 7 heteroatoms. The molecular formula is C14H18N4O3. The van der Waals surface area contributed by atoms with Crippen molar-refractivity contribution in [1.29, 1.82) is 0 Å². The van der Waals surface area contributed by atoms with Gasteiger partial charge in [-0.25, -0.2) is 4.79 Å². The molecule has 0 saturated heterocycles. The van der Waals surface area contributed by atoms with E-state index in [0.29, 0.717) is 37.0 Å². The zero-order valence-corrected chi connectivity index (χ0v) is 12.0. The fourth-order valence-electron chi connectivity index (χ4n) is 1.71. The van der Waals surface area contributed by atoms with E-state index in [1.54, 1.807) is 31.2 Å². The molecule has 1 aromatic heterocycles. The summed E-state index contributed by atoms with van der Waals surface area (Å²) in [6.45, 7) is 4.69. The Morgan fingerprint density at radius 3 is 2.71 bits per heavy atom. The van der Waals surface area contributed by atoms with E-state index < -0.39 is 0 Å². The highest BCUT2D eigenvalue weighted by molar-refractivity contribution is 5.89. The van der Waals surface area contributed by atoms with Gasteiger partial charge in [-0.15, -0.1) is 0 Å². The number of rotatable bonds is 6. The van der Waals surface area contributed by atoms with Crippen molar-refractivity contribution >= 4 is 11.7 Å². The number of anilines is 1. The fourth-order valence-corrected chi connectivity index (χ4v) is 1.71. The van der Waals surface area contributed by atoms with E-state index in [4.69, 9.17) is 9.26 Å². The molecule has 0 bridgehead atoms. The van der Waals surface area contributed by atoms with Gasteiger partial charge in [0.2, 0.25) is 5.89 Å². The summed E-state index contributed by atoms with van der Waals surface area (Å²) in [7, 11) is 0. The first-order chi connectivity index (χ1) is 10.2. The third-order valence-electron chi connectivity index (χ3n) is 2.63. The van der Waals surface area contributed by atoms with E-state index in [0.717, 1.165) is 5.75 Å². The van der Waals surface area contributed by atoms with Gasteiger partial charge in [0, 0.05) is 25.6 Å². The second-order valence-corrected chi connectivity index (χ2v) is 4.32. The van der Waals surface area contributed by atoms with Crippen molar-refractivity contribution in [2.24, 2.45) is 0 Å². The first kappa shape index (κ1) is 14.8. The Morgan fingerprint density at radius 1 is 1.33 bits per heavy atom. The first-order valence-corrected chi connectivity index (χ1v) is 6.74. The molecule has 1 heterocycles. The van der Waals surface area contributed by atoms with Gasteiger partial charge < -0.3 is 19.9 Å². The molecule has 0 aliphatic carbocycles. The highest BCUT2D eigenvalue weighted by atomic mass is 16.5. The molecule has 0 saturated carbocycles. The van der Waals surface area contributed by atoms with E-state index in [-0.39, 0.29) is 6.03 Å². The number of ether oxygens (including phenoxy) is 1. The lowest BCUT2D eigenvalue weighted by Crippen LogP contribution is -2.30. The van der Waals surface area contributed by atoms with Crippen LogP contribution in [0.2, 0.25) is 0 Å². The molecule has 0 spiro atoms. The predicted octanol–water partition coefficient (Wildman–Crippen LogP) is 2.14. The second-order valence-electron chi connectivity index (χ2n) is 4.32. The number of hydrogen-bond acceptors (Lipinski definition) is 5. The fraction of sp³-hybridized carbons (Fsp3) is 0.357. The van der Waals surface area contributed by atoms with Gasteiger partial charge in [0.25, 0.3) is 0 Å². The van der Waals surface area contributed by atoms with Gasteiger partial charge in [0.05, 0.1) is 6.61 Å². The molecule has 2 aromatic rings. The summed E-state index contributed by atoms with van der Waals surface area (Å²) in [5.41, 5.74) is 0.700. The molecule has 1 aromatic carbocycles. The highest BCUT2D eigenvalue weighted by Crippen LogP contribution is 2.15. The molecule has 7 nitrogen and oxygen atoms in total. The van der Waals surface area contributed by atoms with Gasteiger partial charge in [-0.3, -0.25) is 0 Å². The minimum Gasteiger partial charge on any atom is -0.494 e. The van der Waals surface area contributed by atoms with Crippen molar-refractivity contribution < 1.29 is 14.1 Å². The van der Waals surface area contributed by atoms with Gasteiger partial charge in [-0.2, -0.15) is 4.98 Å². The summed E-state index contributed by atoms with van der Waals surface area (Å²) < 4.78 is 10.2. The van der Waals surface area contributed by atoms with Gasteiger partial charge in [0.15, 0.2) is 5.82 Å². The third-order valence-corrected chi connectivity index (χ3v) is 2.63. The maximum Gasteiger partial charge on any atom is 0.319 e. The zero-order chi connectivity index (χ0) is 15.1. The van der Waals surface area contributed by atoms with Crippen LogP contribution in [0.1, 0.15) is 18.6 Å². The van der Waals surface area contributed by atoms with Crippen molar-refractivity contribution in [3.8, 4) is 5.75 Å². The summed E-state index contributed by atoms with van der Waals surface area (Å²) in [6, 6.07) is 6.90. The molecule has 112 valence electrons. The molecule has 2 rings (SSSR count). The highest BCUT2D eigenvalue weighted by Gasteiger charge is 2.04. The molecular weight excluding hydrogens is 272 g/mol. The van der Waals surface area contributed by atoms with E-state index in [9.17, 15) is 4.79 Å². The molecule has 2 amide bonds. The zero-order valence-electron chi connectivity index (χ0n) is 12.0. The van der Waals surface area contributed by atoms with Crippen LogP contribution in [0.5, 0.6) is 5.75 Å². The van der Waals surface area contributed by atoms with Crippen LogP contribution in [0.4, 0.5) is 10.5 Å². The van der Waals surface area contributed by atoms with Crippen molar-refractivity contribution in [2.75, 3.05) is 18.5 Å². The number of hydrogen-bond donors (Lipinski definition) is 2. The largest absolute Gasteiger partial charge is 0.494 e. The van der Waals surface area contributed by atoms with E-state index in [1.807, 2.05) is 6.92 Å². The van der Waals surface area contributed by atoms with Crippen LogP contribution < -0.4 is 15.4 Å². The Balaban J connectivity index is 1.73. The Kier molecular flexibility index (Phi) is 5.14. The maximum absolute atomic E-state index is 11.7. The predicted molar refractivity (Wildman–Crippen MR) is 77.4 cm³/mol. The average Bonchev–Trinajstić information content (AvgIpc) is 2.87. The summed E-state index contributed by atoms with van der Waals surface area (Å²) in [5.74, 6) is 1.87. The van der Waals surface area contributed by atoms with Crippen molar-refractivity contribution in [3.63, 3.8) is 0 Å². The number of benzene rings is 1. The molecule has 0 unspecified atom stereocenters. The average molecular weight is 290 g/mol. The summed E-state index contributed by atoms with van der Waals surface area (Å²) in [5, 5.41) is 9.21. The van der Waals surface area contributed by atoms with Crippen LogP contribution in [0.15, 0.2) is 28.8 Å². The third kappa shape index (κ3) is 4.79. The summed E-state index contributed by atoms with van der Waals surface area (Å²) >= 11 is 0. The molecule has 0 atom stereocenters. The lowest BCUT2D eigenvalue weighted by atomic mass is 10.3.